The predicted octanol–water partition coefficient (Wildman–Crippen LogP) is 1.17. The Bertz CT molecular complexity index is 456. The Balaban J connectivity index is 2.00. The molecule has 0 saturated heterocycles. The van der Waals surface area contributed by atoms with Gasteiger partial charge >= 0.3 is 0 Å². The first-order chi connectivity index (χ1) is 9.13. The van der Waals surface area contributed by atoms with Crippen molar-refractivity contribution in [3.05, 3.63) is 23.8 Å². The molecule has 1 aliphatic carbocycles. The summed E-state index contributed by atoms with van der Waals surface area (Å²) < 4.78 is 10.3. The number of ether oxygens (including phenoxy) is 2. The molecule has 1 fully saturated rings. The van der Waals surface area contributed by atoms with Gasteiger partial charge in [-0.1, -0.05) is 0 Å². The third-order valence-corrected chi connectivity index (χ3v) is 3.47. The number of hydrogen-bond donors (Lipinski definition) is 2. The maximum atomic E-state index is 12.1. The third-order valence-electron chi connectivity index (χ3n) is 3.47. The van der Waals surface area contributed by atoms with Crippen LogP contribution in [0.1, 0.15) is 23.2 Å². The van der Waals surface area contributed by atoms with E-state index in [9.17, 15) is 4.79 Å². The van der Waals surface area contributed by atoms with Crippen molar-refractivity contribution >= 4 is 5.91 Å². The van der Waals surface area contributed by atoms with Crippen molar-refractivity contribution in [2.75, 3.05) is 20.8 Å². The Kier molecular flexibility index (Phi) is 4.27. The lowest BCUT2D eigenvalue weighted by atomic mass is 9.81. The second-order valence-corrected chi connectivity index (χ2v) is 4.87. The number of benzene rings is 1. The van der Waals surface area contributed by atoms with E-state index in [1.165, 1.54) is 0 Å². The van der Waals surface area contributed by atoms with Crippen molar-refractivity contribution in [2.24, 2.45) is 11.7 Å². The largest absolute Gasteiger partial charge is 0.497 e. The minimum absolute atomic E-state index is 0.142. The van der Waals surface area contributed by atoms with Gasteiger partial charge in [0.1, 0.15) is 11.5 Å². The lowest BCUT2D eigenvalue weighted by Gasteiger charge is -2.32. The molecule has 0 aromatic heterocycles. The third kappa shape index (κ3) is 3.17. The van der Waals surface area contributed by atoms with Crippen LogP contribution in [0.3, 0.4) is 0 Å². The molecule has 19 heavy (non-hydrogen) atoms. The molecule has 1 saturated carbocycles. The molecule has 0 heterocycles. The summed E-state index contributed by atoms with van der Waals surface area (Å²) >= 11 is 0. The molecule has 2 rings (SSSR count). The highest BCUT2D eigenvalue weighted by atomic mass is 16.5. The molecule has 1 aromatic carbocycles. The van der Waals surface area contributed by atoms with E-state index in [1.54, 1.807) is 32.4 Å². The second kappa shape index (κ2) is 5.93. The lowest BCUT2D eigenvalue weighted by molar-refractivity contribution is 0.0932. The number of rotatable bonds is 5. The highest BCUT2D eigenvalue weighted by Crippen LogP contribution is 2.26. The average Bonchev–Trinajstić information content (AvgIpc) is 2.41. The van der Waals surface area contributed by atoms with Crippen LogP contribution >= 0.6 is 0 Å². The highest BCUT2D eigenvalue weighted by Gasteiger charge is 2.26. The maximum Gasteiger partial charge on any atom is 0.255 e. The van der Waals surface area contributed by atoms with Gasteiger partial charge in [-0.15, -0.1) is 0 Å². The van der Waals surface area contributed by atoms with E-state index in [0.717, 1.165) is 12.8 Å². The number of carbonyl (C=O) groups excluding carboxylic acids is 1. The topological polar surface area (TPSA) is 73.6 Å². The number of nitrogens with two attached hydrogens (primary N) is 1. The molecule has 0 spiro atoms. The van der Waals surface area contributed by atoms with Crippen LogP contribution in [0.15, 0.2) is 18.2 Å². The smallest absolute Gasteiger partial charge is 0.255 e. The van der Waals surface area contributed by atoms with Crippen LogP contribution in [0.25, 0.3) is 0 Å². The van der Waals surface area contributed by atoms with Crippen molar-refractivity contribution in [1.29, 1.82) is 0 Å². The van der Waals surface area contributed by atoms with Crippen LogP contribution in [-0.4, -0.2) is 32.7 Å². The first-order valence-corrected chi connectivity index (χ1v) is 6.40. The van der Waals surface area contributed by atoms with E-state index in [1.807, 2.05) is 0 Å². The Morgan fingerprint density at radius 1 is 1.37 bits per heavy atom. The van der Waals surface area contributed by atoms with Gasteiger partial charge in [0, 0.05) is 12.6 Å². The summed E-state index contributed by atoms with van der Waals surface area (Å²) in [5.41, 5.74) is 6.21. The molecule has 1 aliphatic rings. The monoisotopic (exact) mass is 264 g/mol. The van der Waals surface area contributed by atoms with Crippen molar-refractivity contribution in [3.63, 3.8) is 0 Å². The van der Waals surface area contributed by atoms with E-state index < -0.39 is 0 Å². The van der Waals surface area contributed by atoms with Gasteiger partial charge in [0.15, 0.2) is 0 Å². The van der Waals surface area contributed by atoms with Crippen molar-refractivity contribution in [3.8, 4) is 11.5 Å². The van der Waals surface area contributed by atoms with Crippen LogP contribution in [0.2, 0.25) is 0 Å². The summed E-state index contributed by atoms with van der Waals surface area (Å²) in [6.45, 7) is 0.660. The van der Waals surface area contributed by atoms with E-state index in [2.05, 4.69) is 5.32 Å². The molecule has 0 unspecified atom stereocenters. The summed E-state index contributed by atoms with van der Waals surface area (Å²) in [6, 6.07) is 5.47. The molecule has 3 N–H and O–H groups in total. The van der Waals surface area contributed by atoms with E-state index in [-0.39, 0.29) is 5.91 Å². The second-order valence-electron chi connectivity index (χ2n) is 4.87. The minimum Gasteiger partial charge on any atom is -0.497 e. The van der Waals surface area contributed by atoms with Crippen LogP contribution in [0.5, 0.6) is 11.5 Å². The Morgan fingerprint density at radius 2 is 2.11 bits per heavy atom. The van der Waals surface area contributed by atoms with Gasteiger partial charge in [-0.2, -0.15) is 0 Å². The van der Waals surface area contributed by atoms with Crippen molar-refractivity contribution < 1.29 is 14.3 Å². The van der Waals surface area contributed by atoms with Gasteiger partial charge in [0.2, 0.25) is 0 Å². The SMILES string of the molecule is COc1ccc(OC)c(C(=O)NCC2CC(N)C2)c1. The Labute approximate surface area is 113 Å². The van der Waals surface area contributed by atoms with Crippen LogP contribution < -0.4 is 20.5 Å². The lowest BCUT2D eigenvalue weighted by Crippen LogP contribution is -2.42. The van der Waals surface area contributed by atoms with Gasteiger partial charge in [-0.05, 0) is 37.0 Å². The molecule has 104 valence electrons. The predicted molar refractivity (Wildman–Crippen MR) is 72.6 cm³/mol. The van der Waals surface area contributed by atoms with Gasteiger partial charge in [-0.3, -0.25) is 4.79 Å². The number of methoxy groups -OCH3 is 2. The molecular formula is C14H20N2O3. The molecule has 1 amide bonds. The standard InChI is InChI=1S/C14H20N2O3/c1-18-11-3-4-13(19-2)12(7-11)14(17)16-8-9-5-10(15)6-9/h3-4,7,9-10H,5-6,8,15H2,1-2H3,(H,16,17). The first-order valence-electron chi connectivity index (χ1n) is 6.40. The fourth-order valence-electron chi connectivity index (χ4n) is 2.28. The zero-order valence-corrected chi connectivity index (χ0v) is 11.3. The highest BCUT2D eigenvalue weighted by molar-refractivity contribution is 5.97. The minimum atomic E-state index is -0.142. The van der Waals surface area contributed by atoms with E-state index >= 15 is 0 Å². The fourth-order valence-corrected chi connectivity index (χ4v) is 2.28. The van der Waals surface area contributed by atoms with E-state index in [0.29, 0.717) is 35.6 Å². The normalized spacial score (nSPS) is 21.4. The number of carbonyl (C=O) groups is 1. The van der Waals surface area contributed by atoms with Gasteiger partial charge < -0.3 is 20.5 Å². The van der Waals surface area contributed by atoms with Crippen LogP contribution in [-0.2, 0) is 0 Å². The maximum absolute atomic E-state index is 12.1. The quantitative estimate of drug-likeness (QED) is 0.837. The molecule has 5 nitrogen and oxygen atoms in total. The van der Waals surface area contributed by atoms with Gasteiger partial charge in [0.25, 0.3) is 5.91 Å². The molecule has 0 radical (unpaired) electrons. The fraction of sp³-hybridized carbons (Fsp3) is 0.500. The summed E-state index contributed by atoms with van der Waals surface area (Å²) in [5.74, 6) is 1.53. The molecular weight excluding hydrogens is 244 g/mol. The van der Waals surface area contributed by atoms with Crippen LogP contribution in [0.4, 0.5) is 0 Å². The molecule has 0 aliphatic heterocycles. The average molecular weight is 264 g/mol. The zero-order valence-electron chi connectivity index (χ0n) is 11.3. The summed E-state index contributed by atoms with van der Waals surface area (Å²) in [6.07, 6.45) is 1.96. The number of hydrogen-bond acceptors (Lipinski definition) is 4. The Hall–Kier alpha value is -1.75. The molecule has 0 atom stereocenters. The number of amides is 1. The summed E-state index contributed by atoms with van der Waals surface area (Å²) in [4.78, 5) is 12.1. The molecule has 1 aromatic rings. The number of nitrogens with one attached hydrogen (secondary N) is 1. The summed E-state index contributed by atoms with van der Waals surface area (Å²) in [7, 11) is 3.11. The van der Waals surface area contributed by atoms with Gasteiger partial charge in [0.05, 0.1) is 19.8 Å². The van der Waals surface area contributed by atoms with Crippen LogP contribution in [0, 0.1) is 5.92 Å². The van der Waals surface area contributed by atoms with Gasteiger partial charge in [-0.25, -0.2) is 0 Å². The molecule has 0 bridgehead atoms. The van der Waals surface area contributed by atoms with Crippen molar-refractivity contribution in [2.45, 2.75) is 18.9 Å². The van der Waals surface area contributed by atoms with E-state index in [4.69, 9.17) is 15.2 Å². The van der Waals surface area contributed by atoms with Crippen molar-refractivity contribution in [1.82, 2.24) is 5.32 Å². The first kappa shape index (κ1) is 13.7. The summed E-state index contributed by atoms with van der Waals surface area (Å²) in [5, 5.41) is 2.92. The Morgan fingerprint density at radius 3 is 2.68 bits per heavy atom. The molecule has 5 heteroatoms. The zero-order chi connectivity index (χ0) is 13.8.